The summed E-state index contributed by atoms with van der Waals surface area (Å²) in [6.45, 7) is 0. The Bertz CT molecular complexity index is 916. The molecule has 0 aliphatic carbocycles. The second kappa shape index (κ2) is 7.38. The maximum atomic E-state index is 12.0. The van der Waals surface area contributed by atoms with Gasteiger partial charge in [-0.2, -0.15) is 0 Å². The van der Waals surface area contributed by atoms with Gasteiger partial charge in [-0.25, -0.2) is 0 Å². The second-order valence-corrected chi connectivity index (χ2v) is 7.11. The van der Waals surface area contributed by atoms with E-state index in [1.807, 2.05) is 24.3 Å². The number of nitrogens with zero attached hydrogens (tertiary/aromatic N) is 2. The van der Waals surface area contributed by atoms with Crippen molar-refractivity contribution in [1.29, 1.82) is 0 Å². The van der Waals surface area contributed by atoms with E-state index in [0.717, 1.165) is 11.1 Å². The smallest absolute Gasteiger partial charge is 0.234 e. The van der Waals surface area contributed by atoms with E-state index in [2.05, 4.69) is 0 Å². The maximum Gasteiger partial charge on any atom is 0.234 e. The minimum Gasteiger partial charge on any atom is -0.274 e. The third kappa shape index (κ3) is 3.45. The molecular weight excluding hydrogens is 356 g/mol. The van der Waals surface area contributed by atoms with Gasteiger partial charge in [0.15, 0.2) is 0 Å². The first-order chi connectivity index (χ1) is 13.5. The molecule has 0 atom stereocenters. The lowest BCUT2D eigenvalue weighted by Crippen LogP contribution is -2.40. The molecule has 2 fully saturated rings. The molecule has 4 amide bonds. The highest BCUT2D eigenvalue weighted by molar-refractivity contribution is 6.19. The largest absolute Gasteiger partial charge is 0.274 e. The van der Waals surface area contributed by atoms with Gasteiger partial charge in [0.25, 0.3) is 0 Å². The van der Waals surface area contributed by atoms with Crippen molar-refractivity contribution in [3.8, 4) is 0 Å². The Labute approximate surface area is 162 Å². The monoisotopic (exact) mass is 376 g/mol. The number of piperidine rings is 1. The van der Waals surface area contributed by atoms with Crippen molar-refractivity contribution < 1.29 is 19.2 Å². The van der Waals surface area contributed by atoms with Gasteiger partial charge in [-0.3, -0.25) is 29.0 Å². The van der Waals surface area contributed by atoms with E-state index in [-0.39, 0.29) is 36.5 Å². The van der Waals surface area contributed by atoms with E-state index < -0.39 is 0 Å². The third-order valence-corrected chi connectivity index (χ3v) is 5.13. The standard InChI is InChI=1S/C22H20N2O4/c25-19-2-1-3-20(26)23(19)17-8-4-15(5-9-17)14-16-6-10-18(11-7-16)24-21(27)12-13-22(24)28/h4-11H,1-3,12-14H2. The van der Waals surface area contributed by atoms with Gasteiger partial charge in [0.2, 0.25) is 23.6 Å². The quantitative estimate of drug-likeness (QED) is 0.769. The summed E-state index contributed by atoms with van der Waals surface area (Å²) in [5.74, 6) is -0.610. The molecule has 2 heterocycles. The zero-order valence-corrected chi connectivity index (χ0v) is 15.4. The van der Waals surface area contributed by atoms with Crippen molar-refractivity contribution in [2.75, 3.05) is 9.80 Å². The number of anilines is 2. The molecule has 2 aliphatic rings. The van der Waals surface area contributed by atoms with E-state index in [9.17, 15) is 19.2 Å². The molecule has 0 spiro atoms. The second-order valence-electron chi connectivity index (χ2n) is 7.11. The van der Waals surface area contributed by atoms with Crippen molar-refractivity contribution in [3.63, 3.8) is 0 Å². The number of carbonyl (C=O) groups excluding carboxylic acids is 4. The van der Waals surface area contributed by atoms with Crippen LogP contribution >= 0.6 is 0 Å². The summed E-state index contributed by atoms with van der Waals surface area (Å²) in [4.78, 5) is 50.2. The average molecular weight is 376 g/mol. The maximum absolute atomic E-state index is 12.0. The van der Waals surface area contributed by atoms with Gasteiger partial charge in [0, 0.05) is 25.7 Å². The lowest BCUT2D eigenvalue weighted by Gasteiger charge is -2.25. The average Bonchev–Trinajstić information content (AvgIpc) is 3.02. The van der Waals surface area contributed by atoms with Crippen LogP contribution in [0.2, 0.25) is 0 Å². The molecule has 0 saturated carbocycles. The molecule has 2 aliphatic heterocycles. The van der Waals surface area contributed by atoms with Crippen LogP contribution in [0.15, 0.2) is 48.5 Å². The Morgan fingerprint density at radius 2 is 0.893 bits per heavy atom. The van der Waals surface area contributed by atoms with Crippen molar-refractivity contribution in [1.82, 2.24) is 0 Å². The van der Waals surface area contributed by atoms with Crippen LogP contribution in [0.3, 0.4) is 0 Å². The Kier molecular flexibility index (Phi) is 4.77. The molecule has 2 aromatic carbocycles. The number of hydrogen-bond acceptors (Lipinski definition) is 4. The van der Waals surface area contributed by atoms with E-state index >= 15 is 0 Å². The first kappa shape index (κ1) is 18.1. The molecule has 4 rings (SSSR count). The van der Waals surface area contributed by atoms with Crippen LogP contribution in [-0.2, 0) is 25.6 Å². The summed E-state index contributed by atoms with van der Waals surface area (Å²) in [5, 5.41) is 0. The van der Waals surface area contributed by atoms with Crippen LogP contribution in [0.25, 0.3) is 0 Å². The molecule has 2 aromatic rings. The lowest BCUT2D eigenvalue weighted by atomic mass is 10.0. The number of imide groups is 2. The summed E-state index contributed by atoms with van der Waals surface area (Å²) in [7, 11) is 0. The fourth-order valence-electron chi connectivity index (χ4n) is 3.67. The van der Waals surface area contributed by atoms with Crippen molar-refractivity contribution in [2.24, 2.45) is 0 Å². The zero-order chi connectivity index (χ0) is 19.7. The SMILES string of the molecule is O=C1CCCC(=O)N1c1ccc(Cc2ccc(N3C(=O)CCC3=O)cc2)cc1. The fraction of sp³-hybridized carbons (Fsp3) is 0.273. The first-order valence-electron chi connectivity index (χ1n) is 9.42. The minimum atomic E-state index is -0.157. The van der Waals surface area contributed by atoms with Crippen molar-refractivity contribution in [2.45, 2.75) is 38.5 Å². The van der Waals surface area contributed by atoms with Gasteiger partial charge < -0.3 is 0 Å². The van der Waals surface area contributed by atoms with Gasteiger partial charge in [-0.05, 0) is 48.2 Å². The summed E-state index contributed by atoms with van der Waals surface area (Å²) in [5.41, 5.74) is 3.30. The highest BCUT2D eigenvalue weighted by atomic mass is 16.2. The van der Waals surface area contributed by atoms with Crippen LogP contribution < -0.4 is 9.80 Å². The predicted molar refractivity (Wildman–Crippen MR) is 104 cm³/mol. The normalized spacial score (nSPS) is 17.6. The molecule has 0 bridgehead atoms. The molecular formula is C22H20N2O4. The van der Waals surface area contributed by atoms with E-state index in [1.165, 1.54) is 9.80 Å². The zero-order valence-electron chi connectivity index (χ0n) is 15.4. The predicted octanol–water partition coefficient (Wildman–Crippen LogP) is 2.97. The van der Waals surface area contributed by atoms with Crippen LogP contribution in [0.4, 0.5) is 11.4 Å². The van der Waals surface area contributed by atoms with Crippen LogP contribution in [0.5, 0.6) is 0 Å². The Morgan fingerprint density at radius 1 is 0.536 bits per heavy atom. The molecule has 142 valence electrons. The van der Waals surface area contributed by atoms with Gasteiger partial charge in [-0.1, -0.05) is 24.3 Å². The Hall–Kier alpha value is -3.28. The number of carbonyl (C=O) groups is 4. The van der Waals surface area contributed by atoms with Crippen LogP contribution in [0, 0.1) is 0 Å². The highest BCUT2D eigenvalue weighted by Gasteiger charge is 2.30. The van der Waals surface area contributed by atoms with E-state index in [4.69, 9.17) is 0 Å². The molecule has 0 radical (unpaired) electrons. The van der Waals surface area contributed by atoms with Gasteiger partial charge in [-0.15, -0.1) is 0 Å². The molecule has 2 saturated heterocycles. The van der Waals surface area contributed by atoms with Crippen LogP contribution in [0.1, 0.15) is 43.2 Å². The fourth-order valence-corrected chi connectivity index (χ4v) is 3.67. The Morgan fingerprint density at radius 3 is 1.29 bits per heavy atom. The van der Waals surface area contributed by atoms with E-state index in [1.54, 1.807) is 24.3 Å². The van der Waals surface area contributed by atoms with Gasteiger partial charge in [0.05, 0.1) is 11.4 Å². The number of benzene rings is 2. The highest BCUT2D eigenvalue weighted by Crippen LogP contribution is 2.25. The lowest BCUT2D eigenvalue weighted by molar-refractivity contribution is -0.129. The molecule has 28 heavy (non-hydrogen) atoms. The summed E-state index contributed by atoms with van der Waals surface area (Å²) in [6.07, 6.45) is 2.65. The van der Waals surface area contributed by atoms with Crippen molar-refractivity contribution in [3.05, 3.63) is 59.7 Å². The summed E-state index contributed by atoms with van der Waals surface area (Å²) >= 11 is 0. The topological polar surface area (TPSA) is 74.8 Å². The molecule has 6 heteroatoms. The van der Waals surface area contributed by atoms with Crippen LogP contribution in [-0.4, -0.2) is 23.6 Å². The molecule has 6 nitrogen and oxygen atoms in total. The van der Waals surface area contributed by atoms with Gasteiger partial charge >= 0.3 is 0 Å². The Balaban J connectivity index is 1.46. The molecule has 0 unspecified atom stereocenters. The number of rotatable bonds is 4. The van der Waals surface area contributed by atoms with E-state index in [0.29, 0.717) is 37.1 Å². The summed E-state index contributed by atoms with van der Waals surface area (Å²) < 4.78 is 0. The first-order valence-corrected chi connectivity index (χ1v) is 9.42. The number of hydrogen-bond donors (Lipinski definition) is 0. The number of amides is 4. The summed E-state index contributed by atoms with van der Waals surface area (Å²) in [6, 6.07) is 14.8. The van der Waals surface area contributed by atoms with Crippen molar-refractivity contribution >= 4 is 35.0 Å². The molecule has 0 N–H and O–H groups in total. The van der Waals surface area contributed by atoms with Gasteiger partial charge in [0.1, 0.15) is 0 Å². The minimum absolute atomic E-state index is 0.148. The third-order valence-electron chi connectivity index (χ3n) is 5.13. The molecule has 0 aromatic heterocycles.